The highest BCUT2D eigenvalue weighted by Gasteiger charge is 2.29. The number of hydrogen-bond acceptors (Lipinski definition) is 3. The first-order chi connectivity index (χ1) is 8.49. The Kier molecular flexibility index (Phi) is 3.16. The van der Waals surface area contributed by atoms with Crippen LogP contribution in [-0.2, 0) is 0 Å². The molecule has 0 bridgehead atoms. The van der Waals surface area contributed by atoms with E-state index in [9.17, 15) is 0 Å². The maximum Gasteiger partial charge on any atom is 0.0734 e. The van der Waals surface area contributed by atoms with Crippen molar-refractivity contribution >= 4 is 17.5 Å². The highest BCUT2D eigenvalue weighted by Crippen LogP contribution is 2.38. The van der Waals surface area contributed by atoms with Gasteiger partial charge in [0.25, 0.3) is 0 Å². The van der Waals surface area contributed by atoms with Gasteiger partial charge >= 0.3 is 0 Å². The third-order valence-electron chi connectivity index (χ3n) is 3.52. The van der Waals surface area contributed by atoms with E-state index in [-0.39, 0.29) is 5.54 Å². The minimum atomic E-state index is 0.0401. The predicted octanol–water partition coefficient (Wildman–Crippen LogP) is 3.52. The zero-order chi connectivity index (χ0) is 13.3. The minimum absolute atomic E-state index is 0.0401. The van der Waals surface area contributed by atoms with Gasteiger partial charge in [0.2, 0.25) is 0 Å². The van der Waals surface area contributed by atoms with Gasteiger partial charge in [-0.2, -0.15) is 0 Å². The average molecular weight is 244 g/mol. The van der Waals surface area contributed by atoms with Crippen LogP contribution in [0.25, 0.3) is 5.57 Å². The lowest BCUT2D eigenvalue weighted by Crippen LogP contribution is -2.44. The van der Waals surface area contributed by atoms with Crippen LogP contribution in [0.15, 0.2) is 29.4 Å². The van der Waals surface area contributed by atoms with Crippen LogP contribution in [0, 0.1) is 0 Å². The van der Waals surface area contributed by atoms with E-state index in [2.05, 4.69) is 56.0 Å². The van der Waals surface area contributed by atoms with Gasteiger partial charge in [-0.3, -0.25) is 0 Å². The highest BCUT2D eigenvalue weighted by atomic mass is 16.4. The predicted molar refractivity (Wildman–Crippen MR) is 76.6 cm³/mol. The zero-order valence-corrected chi connectivity index (χ0v) is 11.4. The molecule has 1 aliphatic rings. The Bertz CT molecular complexity index is 515. The van der Waals surface area contributed by atoms with Crippen LogP contribution in [0.4, 0.5) is 5.69 Å². The number of rotatable bonds is 2. The molecule has 0 spiro atoms. The number of fused-ring (bicyclic) bond motifs is 1. The van der Waals surface area contributed by atoms with Crippen LogP contribution >= 0.6 is 0 Å². The summed E-state index contributed by atoms with van der Waals surface area (Å²) in [6, 6.07) is 6.16. The monoisotopic (exact) mass is 244 g/mol. The molecular formula is C15H20N2O. The van der Waals surface area contributed by atoms with Crippen molar-refractivity contribution in [1.29, 1.82) is 0 Å². The standard InChI is InChI=1S/C15H20N2O/c1-5-17-14-7-6-12(10-16-18)8-13(14)11(2)9-15(17,3)4/h6-10,18H,5H2,1-4H3/b16-10+. The number of oxime groups is 1. The lowest BCUT2D eigenvalue weighted by Gasteiger charge is -2.42. The van der Waals surface area contributed by atoms with E-state index in [1.807, 2.05) is 6.07 Å². The van der Waals surface area contributed by atoms with Crippen LogP contribution in [-0.4, -0.2) is 23.5 Å². The van der Waals surface area contributed by atoms with Gasteiger partial charge in [0, 0.05) is 17.8 Å². The summed E-state index contributed by atoms with van der Waals surface area (Å²) in [5, 5.41) is 11.7. The minimum Gasteiger partial charge on any atom is -0.411 e. The summed E-state index contributed by atoms with van der Waals surface area (Å²) in [6.07, 6.45) is 3.75. The van der Waals surface area contributed by atoms with Crippen molar-refractivity contribution in [3.8, 4) is 0 Å². The summed E-state index contributed by atoms with van der Waals surface area (Å²) in [4.78, 5) is 2.38. The molecule has 0 radical (unpaired) electrons. The van der Waals surface area contributed by atoms with Crippen LogP contribution in [0.2, 0.25) is 0 Å². The largest absolute Gasteiger partial charge is 0.411 e. The molecule has 0 unspecified atom stereocenters. The summed E-state index contributed by atoms with van der Waals surface area (Å²) in [5.74, 6) is 0. The molecule has 96 valence electrons. The molecule has 0 fully saturated rings. The van der Waals surface area contributed by atoms with E-state index in [0.29, 0.717) is 0 Å². The van der Waals surface area contributed by atoms with Crippen molar-refractivity contribution in [2.75, 3.05) is 11.4 Å². The molecule has 0 atom stereocenters. The molecule has 3 nitrogen and oxygen atoms in total. The van der Waals surface area contributed by atoms with E-state index >= 15 is 0 Å². The van der Waals surface area contributed by atoms with Crippen LogP contribution in [0.5, 0.6) is 0 Å². The maximum absolute atomic E-state index is 8.62. The molecular weight excluding hydrogens is 224 g/mol. The molecule has 18 heavy (non-hydrogen) atoms. The first-order valence-corrected chi connectivity index (χ1v) is 6.28. The van der Waals surface area contributed by atoms with E-state index in [1.165, 1.54) is 23.0 Å². The molecule has 0 saturated heterocycles. The molecule has 0 aromatic heterocycles. The van der Waals surface area contributed by atoms with Gasteiger partial charge in [0.15, 0.2) is 0 Å². The van der Waals surface area contributed by atoms with Gasteiger partial charge in [-0.15, -0.1) is 0 Å². The number of benzene rings is 1. The van der Waals surface area contributed by atoms with E-state index in [4.69, 9.17) is 5.21 Å². The van der Waals surface area contributed by atoms with Gasteiger partial charge in [-0.05, 0) is 51.0 Å². The molecule has 1 aliphatic heterocycles. The fourth-order valence-electron chi connectivity index (χ4n) is 2.83. The second-order valence-electron chi connectivity index (χ2n) is 5.25. The average Bonchev–Trinajstić information content (AvgIpc) is 2.29. The Labute approximate surface area is 108 Å². The lowest BCUT2D eigenvalue weighted by atomic mass is 9.88. The summed E-state index contributed by atoms with van der Waals surface area (Å²) in [7, 11) is 0. The zero-order valence-electron chi connectivity index (χ0n) is 11.4. The quantitative estimate of drug-likeness (QED) is 0.491. The van der Waals surface area contributed by atoms with Crippen molar-refractivity contribution in [3.05, 3.63) is 35.4 Å². The summed E-state index contributed by atoms with van der Waals surface area (Å²) >= 11 is 0. The van der Waals surface area contributed by atoms with E-state index < -0.39 is 0 Å². The molecule has 0 amide bonds. The van der Waals surface area contributed by atoms with Crippen molar-refractivity contribution in [2.45, 2.75) is 33.2 Å². The maximum atomic E-state index is 8.62. The van der Waals surface area contributed by atoms with Crippen LogP contribution in [0.3, 0.4) is 0 Å². The Hall–Kier alpha value is -1.77. The fourth-order valence-corrected chi connectivity index (χ4v) is 2.83. The molecule has 1 heterocycles. The third kappa shape index (κ3) is 2.01. The molecule has 1 N–H and O–H groups in total. The number of hydrogen-bond donors (Lipinski definition) is 1. The Balaban J connectivity index is 2.58. The normalized spacial score (nSPS) is 17.8. The summed E-state index contributed by atoms with van der Waals surface area (Å²) < 4.78 is 0. The molecule has 0 aliphatic carbocycles. The van der Waals surface area contributed by atoms with Gasteiger partial charge < -0.3 is 10.1 Å². The number of anilines is 1. The second kappa shape index (κ2) is 4.48. The van der Waals surface area contributed by atoms with Crippen molar-refractivity contribution < 1.29 is 5.21 Å². The second-order valence-corrected chi connectivity index (χ2v) is 5.25. The lowest BCUT2D eigenvalue weighted by molar-refractivity contribution is 0.322. The molecule has 3 heteroatoms. The number of nitrogens with zero attached hydrogens (tertiary/aromatic N) is 2. The van der Waals surface area contributed by atoms with E-state index in [0.717, 1.165) is 12.1 Å². The first-order valence-electron chi connectivity index (χ1n) is 6.28. The van der Waals surface area contributed by atoms with Crippen molar-refractivity contribution in [1.82, 2.24) is 0 Å². The third-order valence-corrected chi connectivity index (χ3v) is 3.52. The van der Waals surface area contributed by atoms with Crippen molar-refractivity contribution in [2.24, 2.45) is 5.16 Å². The Morgan fingerprint density at radius 3 is 2.72 bits per heavy atom. The topological polar surface area (TPSA) is 35.8 Å². The molecule has 2 rings (SSSR count). The number of likely N-dealkylation sites (N-methyl/N-ethyl adjacent to an activating group) is 1. The first kappa shape index (κ1) is 12.7. The fraction of sp³-hybridized carbons (Fsp3) is 0.400. The molecule has 1 aromatic carbocycles. The summed E-state index contributed by atoms with van der Waals surface area (Å²) in [5.41, 5.74) is 4.69. The van der Waals surface area contributed by atoms with E-state index in [1.54, 1.807) is 0 Å². The van der Waals surface area contributed by atoms with Gasteiger partial charge in [-0.25, -0.2) is 0 Å². The smallest absolute Gasteiger partial charge is 0.0734 e. The molecule has 0 saturated carbocycles. The van der Waals surface area contributed by atoms with Crippen LogP contribution < -0.4 is 4.90 Å². The van der Waals surface area contributed by atoms with Crippen LogP contribution in [0.1, 0.15) is 38.8 Å². The van der Waals surface area contributed by atoms with Gasteiger partial charge in [0.1, 0.15) is 0 Å². The van der Waals surface area contributed by atoms with Gasteiger partial charge in [0.05, 0.1) is 11.8 Å². The van der Waals surface area contributed by atoms with Gasteiger partial charge in [-0.1, -0.05) is 17.3 Å². The SMILES string of the molecule is CCN1c2ccc(/C=N/O)cc2C(C)=CC1(C)C. The van der Waals surface area contributed by atoms with Crippen molar-refractivity contribution in [3.63, 3.8) is 0 Å². The Morgan fingerprint density at radius 2 is 2.11 bits per heavy atom. The molecule has 1 aromatic rings. The number of allylic oxidation sites excluding steroid dienone is 1. The highest BCUT2D eigenvalue weighted by molar-refractivity contribution is 5.87. The Morgan fingerprint density at radius 1 is 1.39 bits per heavy atom. The summed E-state index contributed by atoms with van der Waals surface area (Å²) in [6.45, 7) is 9.73.